The van der Waals surface area contributed by atoms with Crippen molar-refractivity contribution in [1.82, 2.24) is 0 Å². The molecule has 0 unspecified atom stereocenters. The molecule has 0 saturated carbocycles. The zero-order valence-electron chi connectivity index (χ0n) is 16.5. The van der Waals surface area contributed by atoms with Crippen molar-refractivity contribution in [1.29, 1.82) is 0 Å². The van der Waals surface area contributed by atoms with Gasteiger partial charge in [-0.05, 0) is 47.7 Å². The van der Waals surface area contributed by atoms with Gasteiger partial charge < -0.3 is 0 Å². The van der Waals surface area contributed by atoms with Gasteiger partial charge in [0.2, 0.25) is 0 Å². The van der Waals surface area contributed by atoms with Crippen LogP contribution in [0, 0.1) is 6.92 Å². The first-order chi connectivity index (χ1) is 13.3. The predicted octanol–water partition coefficient (Wildman–Crippen LogP) is 6.22. The first-order valence-corrected chi connectivity index (χ1v) is 10.2. The number of ketones is 2. The van der Waals surface area contributed by atoms with Crippen LogP contribution in [0.5, 0.6) is 0 Å². The maximum absolute atomic E-state index is 12.9. The summed E-state index contributed by atoms with van der Waals surface area (Å²) in [6.07, 6.45) is 0. The number of carbonyl (C=O) groups excluding carboxylic acids is 2. The number of hydrogen-bond donors (Lipinski definition) is 0. The highest BCUT2D eigenvalue weighted by molar-refractivity contribution is 7.99. The summed E-state index contributed by atoms with van der Waals surface area (Å²) in [5.74, 6) is -0.152. The molecule has 3 aromatic carbocycles. The highest BCUT2D eigenvalue weighted by Gasteiger charge is 2.29. The second-order valence-corrected chi connectivity index (χ2v) is 9.36. The molecule has 3 heteroatoms. The van der Waals surface area contributed by atoms with E-state index in [1.807, 2.05) is 12.1 Å². The SMILES string of the molecule is Cc1ccc(C(C)(C)C)cc1Sc1ccc2c(c1)C(=O)c1ccccc1C2=O. The van der Waals surface area contributed by atoms with E-state index in [1.165, 1.54) is 16.0 Å². The first-order valence-electron chi connectivity index (χ1n) is 9.37. The van der Waals surface area contributed by atoms with E-state index in [9.17, 15) is 9.59 Å². The predicted molar refractivity (Wildman–Crippen MR) is 114 cm³/mol. The normalized spacial score (nSPS) is 13.3. The minimum Gasteiger partial charge on any atom is -0.289 e. The van der Waals surface area contributed by atoms with Crippen molar-refractivity contribution < 1.29 is 9.59 Å². The summed E-state index contributed by atoms with van der Waals surface area (Å²) in [6.45, 7) is 8.70. The third-order valence-electron chi connectivity index (χ3n) is 5.18. The zero-order chi connectivity index (χ0) is 20.1. The Labute approximate surface area is 170 Å². The lowest BCUT2D eigenvalue weighted by Gasteiger charge is -2.21. The molecule has 28 heavy (non-hydrogen) atoms. The van der Waals surface area contributed by atoms with Crippen LogP contribution in [0.1, 0.15) is 63.7 Å². The van der Waals surface area contributed by atoms with E-state index < -0.39 is 0 Å². The molecule has 0 heterocycles. The van der Waals surface area contributed by atoms with E-state index in [0.29, 0.717) is 22.3 Å². The highest BCUT2D eigenvalue weighted by atomic mass is 32.2. The molecule has 0 bridgehead atoms. The lowest BCUT2D eigenvalue weighted by molar-refractivity contribution is 0.0979. The topological polar surface area (TPSA) is 34.1 Å². The van der Waals surface area contributed by atoms with Crippen molar-refractivity contribution in [2.24, 2.45) is 0 Å². The second-order valence-electron chi connectivity index (χ2n) is 8.24. The van der Waals surface area contributed by atoms with Crippen molar-refractivity contribution in [3.8, 4) is 0 Å². The molecule has 0 N–H and O–H groups in total. The Balaban J connectivity index is 1.73. The monoisotopic (exact) mass is 386 g/mol. The molecule has 0 radical (unpaired) electrons. The van der Waals surface area contributed by atoms with Crippen molar-refractivity contribution in [3.63, 3.8) is 0 Å². The molecule has 1 aliphatic rings. The fourth-order valence-corrected chi connectivity index (χ4v) is 4.43. The van der Waals surface area contributed by atoms with Crippen LogP contribution in [-0.2, 0) is 5.41 Å². The first kappa shape index (κ1) is 18.7. The number of rotatable bonds is 2. The highest BCUT2D eigenvalue weighted by Crippen LogP contribution is 2.36. The van der Waals surface area contributed by atoms with Crippen LogP contribution in [0.15, 0.2) is 70.5 Å². The molecule has 0 fully saturated rings. The van der Waals surface area contributed by atoms with Crippen molar-refractivity contribution in [3.05, 3.63) is 94.0 Å². The van der Waals surface area contributed by atoms with Gasteiger partial charge in [0.05, 0.1) is 0 Å². The number of benzene rings is 3. The molecule has 0 spiro atoms. The largest absolute Gasteiger partial charge is 0.289 e. The van der Waals surface area contributed by atoms with Crippen molar-refractivity contribution in [2.45, 2.75) is 42.9 Å². The van der Waals surface area contributed by atoms with Gasteiger partial charge in [-0.25, -0.2) is 0 Å². The Kier molecular flexibility index (Phi) is 4.51. The molecule has 140 valence electrons. The number of aryl methyl sites for hydroxylation is 1. The fourth-order valence-electron chi connectivity index (χ4n) is 3.45. The Morgan fingerprint density at radius 3 is 1.96 bits per heavy atom. The standard InChI is InChI=1S/C25H22O2S/c1-15-9-10-16(25(2,3)4)13-22(15)28-17-11-12-20-21(14-17)24(27)19-8-6-5-7-18(19)23(20)26/h5-14H,1-4H3. The van der Waals surface area contributed by atoms with Gasteiger partial charge in [-0.2, -0.15) is 0 Å². The van der Waals surface area contributed by atoms with Gasteiger partial charge in [-0.15, -0.1) is 0 Å². The molecule has 1 aliphatic carbocycles. The van der Waals surface area contributed by atoms with Crippen LogP contribution in [0.2, 0.25) is 0 Å². The Bertz CT molecular complexity index is 1120. The van der Waals surface area contributed by atoms with Crippen LogP contribution in [-0.4, -0.2) is 11.6 Å². The number of carbonyl (C=O) groups is 2. The number of hydrogen-bond acceptors (Lipinski definition) is 3. The van der Waals surface area contributed by atoms with Gasteiger partial charge in [0.1, 0.15) is 0 Å². The zero-order valence-corrected chi connectivity index (χ0v) is 17.3. The van der Waals surface area contributed by atoms with E-state index in [4.69, 9.17) is 0 Å². The van der Waals surface area contributed by atoms with Crippen LogP contribution < -0.4 is 0 Å². The van der Waals surface area contributed by atoms with Crippen molar-refractivity contribution in [2.75, 3.05) is 0 Å². The molecule has 0 atom stereocenters. The molecule has 4 rings (SSSR count). The fraction of sp³-hybridized carbons (Fsp3) is 0.200. The summed E-state index contributed by atoms with van der Waals surface area (Å²) in [5.41, 5.74) is 4.53. The maximum Gasteiger partial charge on any atom is 0.194 e. The van der Waals surface area contributed by atoms with E-state index in [-0.39, 0.29) is 17.0 Å². The third-order valence-corrected chi connectivity index (χ3v) is 6.33. The summed E-state index contributed by atoms with van der Waals surface area (Å²) < 4.78 is 0. The molecule has 0 aromatic heterocycles. The van der Waals surface area contributed by atoms with E-state index >= 15 is 0 Å². The Morgan fingerprint density at radius 1 is 0.714 bits per heavy atom. The Morgan fingerprint density at radius 2 is 1.32 bits per heavy atom. The summed E-state index contributed by atoms with van der Waals surface area (Å²) in [6, 6.07) is 19.2. The quantitative estimate of drug-likeness (QED) is 0.410. The van der Waals surface area contributed by atoms with Gasteiger partial charge in [0.25, 0.3) is 0 Å². The molecule has 0 amide bonds. The van der Waals surface area contributed by atoms with E-state index in [0.717, 1.165) is 4.90 Å². The Hall–Kier alpha value is -2.65. The molecule has 2 nitrogen and oxygen atoms in total. The summed E-state index contributed by atoms with van der Waals surface area (Å²) in [4.78, 5) is 27.9. The number of fused-ring (bicyclic) bond motifs is 2. The van der Waals surface area contributed by atoms with Gasteiger partial charge >= 0.3 is 0 Å². The third kappa shape index (κ3) is 3.20. The van der Waals surface area contributed by atoms with Crippen LogP contribution >= 0.6 is 11.8 Å². The average molecular weight is 387 g/mol. The van der Waals surface area contributed by atoms with Crippen LogP contribution in [0.4, 0.5) is 0 Å². The van der Waals surface area contributed by atoms with Gasteiger partial charge in [-0.3, -0.25) is 9.59 Å². The summed E-state index contributed by atoms with van der Waals surface area (Å²) >= 11 is 1.64. The van der Waals surface area contributed by atoms with Crippen molar-refractivity contribution >= 4 is 23.3 Å². The maximum atomic E-state index is 12.9. The smallest absolute Gasteiger partial charge is 0.194 e. The molecule has 3 aromatic rings. The van der Waals surface area contributed by atoms with Gasteiger partial charge in [0, 0.05) is 32.0 Å². The van der Waals surface area contributed by atoms with E-state index in [2.05, 4.69) is 45.9 Å². The summed E-state index contributed by atoms with van der Waals surface area (Å²) in [5, 5.41) is 0. The molecule has 0 saturated heterocycles. The van der Waals surface area contributed by atoms with Crippen LogP contribution in [0.3, 0.4) is 0 Å². The minimum absolute atomic E-state index is 0.0744. The van der Waals surface area contributed by atoms with Gasteiger partial charge in [0.15, 0.2) is 11.6 Å². The van der Waals surface area contributed by atoms with E-state index in [1.54, 1.807) is 42.1 Å². The summed E-state index contributed by atoms with van der Waals surface area (Å²) in [7, 11) is 0. The minimum atomic E-state index is -0.0762. The average Bonchev–Trinajstić information content (AvgIpc) is 2.67. The molecule has 0 aliphatic heterocycles. The molecular weight excluding hydrogens is 364 g/mol. The lowest BCUT2D eigenvalue weighted by atomic mass is 9.84. The van der Waals surface area contributed by atoms with Crippen LogP contribution in [0.25, 0.3) is 0 Å². The molecular formula is C25H22O2S. The second kappa shape index (κ2) is 6.75. The lowest BCUT2D eigenvalue weighted by Crippen LogP contribution is -2.20. The van der Waals surface area contributed by atoms with Gasteiger partial charge in [-0.1, -0.05) is 68.9 Å².